The number of ether oxygens (including phenoxy) is 2. The summed E-state index contributed by atoms with van der Waals surface area (Å²) in [4.78, 5) is 11.3. The molecule has 1 fully saturated rings. The number of rotatable bonds is 6. The minimum Gasteiger partial charge on any atom is -0.465 e. The van der Waals surface area contributed by atoms with Gasteiger partial charge in [0, 0.05) is 12.6 Å². The van der Waals surface area contributed by atoms with Crippen LogP contribution in [0, 0.1) is 0 Å². The first-order valence-electron chi connectivity index (χ1n) is 7.28. The molecule has 0 saturated carbocycles. The van der Waals surface area contributed by atoms with Crippen molar-refractivity contribution in [1.82, 2.24) is 5.32 Å². The summed E-state index contributed by atoms with van der Waals surface area (Å²) in [6.07, 6.45) is 4.95. The number of carbonyl (C=O) groups excluding carboxylic acids is 1. The third kappa shape index (κ3) is 4.62. The Bertz CT molecular complexity index is 410. The maximum atomic E-state index is 11.3. The highest BCUT2D eigenvalue weighted by molar-refractivity contribution is 5.89. The smallest absolute Gasteiger partial charge is 0.337 e. The normalized spacial score (nSPS) is 18.8. The molecule has 0 unspecified atom stereocenters. The van der Waals surface area contributed by atoms with Gasteiger partial charge in [0.2, 0.25) is 0 Å². The Kier molecular flexibility index (Phi) is 6.02. The highest BCUT2D eigenvalue weighted by atomic mass is 16.5. The molecule has 1 atom stereocenters. The van der Waals surface area contributed by atoms with Crippen molar-refractivity contribution in [1.29, 1.82) is 0 Å². The van der Waals surface area contributed by atoms with Crippen molar-refractivity contribution in [2.24, 2.45) is 0 Å². The molecular weight excluding hydrogens is 254 g/mol. The van der Waals surface area contributed by atoms with Crippen LogP contribution >= 0.6 is 0 Å². The molecule has 1 aromatic carbocycles. The van der Waals surface area contributed by atoms with Crippen LogP contribution in [-0.4, -0.2) is 32.3 Å². The van der Waals surface area contributed by atoms with E-state index in [1.54, 1.807) is 12.1 Å². The summed E-state index contributed by atoms with van der Waals surface area (Å²) in [5.41, 5.74) is 1.65. The summed E-state index contributed by atoms with van der Waals surface area (Å²) in [5.74, 6) is -0.305. The highest BCUT2D eigenvalue weighted by Gasteiger charge is 2.11. The zero-order valence-electron chi connectivity index (χ0n) is 12.1. The SMILES string of the molecule is COC(=O)c1ccc(COCC[C@H]2CCCCN2)cc1. The summed E-state index contributed by atoms with van der Waals surface area (Å²) >= 11 is 0. The molecule has 0 amide bonds. The minimum absolute atomic E-state index is 0.305. The van der Waals surface area contributed by atoms with Gasteiger partial charge in [-0.05, 0) is 43.5 Å². The number of benzene rings is 1. The number of hydrogen-bond donors (Lipinski definition) is 1. The number of esters is 1. The third-order valence-electron chi connectivity index (χ3n) is 3.67. The number of piperidine rings is 1. The molecule has 2 rings (SSSR count). The molecule has 20 heavy (non-hydrogen) atoms. The minimum atomic E-state index is -0.305. The van der Waals surface area contributed by atoms with Crippen LogP contribution in [0.1, 0.15) is 41.6 Å². The second-order valence-corrected chi connectivity index (χ2v) is 5.18. The molecule has 1 heterocycles. The average molecular weight is 277 g/mol. The molecule has 110 valence electrons. The second kappa shape index (κ2) is 8.02. The lowest BCUT2D eigenvalue weighted by atomic mass is 10.0. The lowest BCUT2D eigenvalue weighted by Gasteiger charge is -2.23. The zero-order chi connectivity index (χ0) is 14.2. The summed E-state index contributed by atoms with van der Waals surface area (Å²) in [6, 6.07) is 7.97. The number of hydrogen-bond acceptors (Lipinski definition) is 4. The molecule has 1 aromatic rings. The predicted octanol–water partition coefficient (Wildman–Crippen LogP) is 2.52. The van der Waals surface area contributed by atoms with Crippen LogP contribution in [0.3, 0.4) is 0 Å². The van der Waals surface area contributed by atoms with Gasteiger partial charge in [0.15, 0.2) is 0 Å². The van der Waals surface area contributed by atoms with E-state index in [0.29, 0.717) is 18.2 Å². The summed E-state index contributed by atoms with van der Waals surface area (Å²) < 4.78 is 10.4. The topological polar surface area (TPSA) is 47.6 Å². The van der Waals surface area contributed by atoms with E-state index in [-0.39, 0.29) is 5.97 Å². The van der Waals surface area contributed by atoms with Gasteiger partial charge in [-0.25, -0.2) is 4.79 Å². The van der Waals surface area contributed by atoms with Crippen LogP contribution in [0.15, 0.2) is 24.3 Å². The quantitative estimate of drug-likeness (QED) is 0.641. The lowest BCUT2D eigenvalue weighted by molar-refractivity contribution is 0.0600. The molecule has 0 aromatic heterocycles. The van der Waals surface area contributed by atoms with Crippen molar-refractivity contribution < 1.29 is 14.3 Å². The van der Waals surface area contributed by atoms with Crippen LogP contribution in [0.25, 0.3) is 0 Å². The molecule has 1 saturated heterocycles. The molecule has 1 aliphatic heterocycles. The summed E-state index contributed by atoms with van der Waals surface area (Å²) in [6.45, 7) is 2.50. The van der Waals surface area contributed by atoms with Crippen molar-refractivity contribution in [2.75, 3.05) is 20.3 Å². The fraction of sp³-hybridized carbons (Fsp3) is 0.562. The van der Waals surface area contributed by atoms with Crippen molar-refractivity contribution >= 4 is 5.97 Å². The number of nitrogens with one attached hydrogen (secondary N) is 1. The summed E-state index contributed by atoms with van der Waals surface area (Å²) in [5, 5.41) is 3.51. The van der Waals surface area contributed by atoms with E-state index in [4.69, 9.17) is 4.74 Å². The maximum absolute atomic E-state index is 11.3. The molecular formula is C16H23NO3. The van der Waals surface area contributed by atoms with E-state index in [0.717, 1.165) is 25.1 Å². The molecule has 1 N–H and O–H groups in total. The van der Waals surface area contributed by atoms with Gasteiger partial charge in [0.05, 0.1) is 19.3 Å². The molecule has 0 spiro atoms. The van der Waals surface area contributed by atoms with Crippen molar-refractivity contribution in [3.8, 4) is 0 Å². The van der Waals surface area contributed by atoms with Crippen LogP contribution < -0.4 is 5.32 Å². The molecule has 0 bridgehead atoms. The Balaban J connectivity index is 1.67. The van der Waals surface area contributed by atoms with E-state index < -0.39 is 0 Å². The molecule has 4 nitrogen and oxygen atoms in total. The standard InChI is InChI=1S/C16H23NO3/c1-19-16(18)14-7-5-13(6-8-14)12-20-11-9-15-4-2-3-10-17-15/h5-8,15,17H,2-4,9-12H2,1H3/t15-/m1/s1. The van der Waals surface area contributed by atoms with Gasteiger partial charge in [0.25, 0.3) is 0 Å². The van der Waals surface area contributed by atoms with Crippen molar-refractivity contribution in [3.05, 3.63) is 35.4 Å². The first-order valence-corrected chi connectivity index (χ1v) is 7.28. The van der Waals surface area contributed by atoms with Gasteiger partial charge in [-0.3, -0.25) is 0 Å². The molecule has 4 heteroatoms. The maximum Gasteiger partial charge on any atom is 0.337 e. The van der Waals surface area contributed by atoms with E-state index in [2.05, 4.69) is 10.1 Å². The Morgan fingerprint density at radius 1 is 1.30 bits per heavy atom. The number of carbonyl (C=O) groups is 1. The lowest BCUT2D eigenvalue weighted by Crippen LogP contribution is -2.34. The van der Waals surface area contributed by atoms with Gasteiger partial charge in [-0.2, -0.15) is 0 Å². The van der Waals surface area contributed by atoms with Crippen molar-refractivity contribution in [3.63, 3.8) is 0 Å². The third-order valence-corrected chi connectivity index (χ3v) is 3.67. The fourth-order valence-corrected chi connectivity index (χ4v) is 2.44. The summed E-state index contributed by atoms with van der Waals surface area (Å²) in [7, 11) is 1.39. The second-order valence-electron chi connectivity index (χ2n) is 5.18. The van der Waals surface area contributed by atoms with E-state index >= 15 is 0 Å². The average Bonchev–Trinajstić information content (AvgIpc) is 2.52. The Morgan fingerprint density at radius 2 is 2.10 bits per heavy atom. The van der Waals surface area contributed by atoms with E-state index in [9.17, 15) is 4.79 Å². The van der Waals surface area contributed by atoms with Crippen molar-refractivity contribution in [2.45, 2.75) is 38.3 Å². The van der Waals surface area contributed by atoms with Crippen LogP contribution in [0.2, 0.25) is 0 Å². The first-order chi connectivity index (χ1) is 9.79. The van der Waals surface area contributed by atoms with E-state index in [1.165, 1.54) is 26.4 Å². The molecule has 0 radical (unpaired) electrons. The molecule has 1 aliphatic rings. The van der Waals surface area contributed by atoms with Crippen LogP contribution in [-0.2, 0) is 16.1 Å². The zero-order valence-corrected chi connectivity index (χ0v) is 12.1. The molecule has 0 aliphatic carbocycles. The number of methoxy groups -OCH3 is 1. The largest absolute Gasteiger partial charge is 0.465 e. The van der Waals surface area contributed by atoms with E-state index in [1.807, 2.05) is 12.1 Å². The highest BCUT2D eigenvalue weighted by Crippen LogP contribution is 2.11. The Morgan fingerprint density at radius 3 is 2.75 bits per heavy atom. The Hall–Kier alpha value is -1.39. The van der Waals surface area contributed by atoms with Gasteiger partial charge in [0.1, 0.15) is 0 Å². The van der Waals surface area contributed by atoms with Gasteiger partial charge < -0.3 is 14.8 Å². The van der Waals surface area contributed by atoms with Gasteiger partial charge >= 0.3 is 5.97 Å². The van der Waals surface area contributed by atoms with Gasteiger partial charge in [-0.1, -0.05) is 18.6 Å². The predicted molar refractivity (Wildman–Crippen MR) is 77.7 cm³/mol. The monoisotopic (exact) mass is 277 g/mol. The van der Waals surface area contributed by atoms with Crippen LogP contribution in [0.4, 0.5) is 0 Å². The Labute approximate surface area is 120 Å². The van der Waals surface area contributed by atoms with Crippen LogP contribution in [0.5, 0.6) is 0 Å². The fourth-order valence-electron chi connectivity index (χ4n) is 2.44. The van der Waals surface area contributed by atoms with Gasteiger partial charge in [-0.15, -0.1) is 0 Å². The first kappa shape index (κ1) is 15.0.